The number of aliphatic hydroxyl groups is 1. The first-order chi connectivity index (χ1) is 23.2. The number of nitrogens with two attached hydrogens (primary N) is 2. The van der Waals surface area contributed by atoms with Crippen LogP contribution < -0.4 is 16.8 Å². The molecule has 4 unspecified atom stereocenters. The molecular weight excluding hydrogens is 622 g/mol. The van der Waals surface area contributed by atoms with E-state index in [9.17, 15) is 19.8 Å². The van der Waals surface area contributed by atoms with Crippen LogP contribution in [0.1, 0.15) is 65.9 Å². The van der Waals surface area contributed by atoms with Gasteiger partial charge in [-0.3, -0.25) is 9.59 Å². The molecule has 1 aromatic rings. The van der Waals surface area contributed by atoms with Gasteiger partial charge in [0.25, 0.3) is 0 Å². The van der Waals surface area contributed by atoms with Crippen LogP contribution in [0.15, 0.2) is 30.3 Å². The van der Waals surface area contributed by atoms with Crippen molar-refractivity contribution in [2.24, 2.45) is 47.0 Å². The Bertz CT molecular complexity index is 1100. The lowest BCUT2D eigenvalue weighted by Crippen LogP contribution is -2.60. The van der Waals surface area contributed by atoms with Crippen LogP contribution in [0.3, 0.4) is 0 Å². The Morgan fingerprint density at radius 3 is 2.16 bits per heavy atom. The van der Waals surface area contributed by atoms with Gasteiger partial charge in [-0.25, -0.2) is 0 Å². The fourth-order valence-electron chi connectivity index (χ4n) is 8.70. The van der Waals surface area contributed by atoms with Crippen molar-refractivity contribution in [1.82, 2.24) is 15.1 Å². The molecule has 1 aliphatic heterocycles. The third-order valence-electron chi connectivity index (χ3n) is 11.5. The van der Waals surface area contributed by atoms with Crippen LogP contribution >= 0.6 is 0 Å². The summed E-state index contributed by atoms with van der Waals surface area (Å²) in [6.45, 7) is 11.0. The molecule has 2 rings (SSSR count). The van der Waals surface area contributed by atoms with Crippen molar-refractivity contribution < 1.29 is 29.3 Å². The molecule has 0 spiro atoms. The number of methoxy groups -OCH3 is 2. The normalized spacial score (nSPS) is 22.2. The quantitative estimate of drug-likeness (QED) is 0.122. The van der Waals surface area contributed by atoms with E-state index in [0.29, 0.717) is 13.0 Å². The molecule has 11 heteroatoms. The summed E-state index contributed by atoms with van der Waals surface area (Å²) >= 11 is 0. The fourth-order valence-corrected chi connectivity index (χ4v) is 8.70. The number of nitrogens with zero attached hydrogens (tertiary/aromatic N) is 2. The molecule has 0 radical (unpaired) electrons. The molecule has 1 aromatic carbocycles. The smallest absolute Gasteiger partial charge is 0.308 e. The van der Waals surface area contributed by atoms with E-state index in [4.69, 9.17) is 20.9 Å². The number of benzene rings is 1. The summed E-state index contributed by atoms with van der Waals surface area (Å²) in [4.78, 5) is 30.7. The highest BCUT2D eigenvalue weighted by molar-refractivity contribution is 5.77. The number of carbonyl (C=O) groups is 2. The van der Waals surface area contributed by atoms with Gasteiger partial charge in [0.05, 0.1) is 30.6 Å². The standard InChI is InChI=1S/C38H69N5O6/c1-11-24(4)32(35(41-6)28(22-44)34(40)36(23(2)3)42(7)8)30(48-9)21-31(45)43-19-15-18-29(43)37(49-10)25(5)33(39)27(38(46)47)20-26-16-13-12-14-17-26/h12-14,16-17,23-25,27-30,32-37,41,44H,11,15,18-22,39-40H2,1-10H3,(H,46,47)/t24-,25+,27?,28-,29-,30+,32+,33?,34?,35?,36-,37+/m0/s1. The highest BCUT2D eigenvalue weighted by Gasteiger charge is 2.45. The molecule has 0 bridgehead atoms. The van der Waals surface area contributed by atoms with Gasteiger partial charge in [0.1, 0.15) is 0 Å². The van der Waals surface area contributed by atoms with Crippen molar-refractivity contribution in [3.05, 3.63) is 35.9 Å². The van der Waals surface area contributed by atoms with Crippen molar-refractivity contribution in [3.63, 3.8) is 0 Å². The summed E-state index contributed by atoms with van der Waals surface area (Å²) in [6.07, 6.45) is 2.04. The molecule has 0 aromatic heterocycles. The topological polar surface area (TPSA) is 164 Å². The van der Waals surface area contributed by atoms with Gasteiger partial charge in [0.2, 0.25) is 5.91 Å². The zero-order valence-corrected chi connectivity index (χ0v) is 31.9. The minimum atomic E-state index is -0.943. The summed E-state index contributed by atoms with van der Waals surface area (Å²) in [5.74, 6) is -2.04. The molecule has 0 saturated carbocycles. The van der Waals surface area contributed by atoms with E-state index in [1.165, 1.54) is 0 Å². The van der Waals surface area contributed by atoms with Gasteiger partial charge in [0, 0.05) is 69.3 Å². The van der Waals surface area contributed by atoms with E-state index in [2.05, 4.69) is 37.9 Å². The molecular formula is C38H69N5O6. The maximum atomic E-state index is 14.3. The third-order valence-corrected chi connectivity index (χ3v) is 11.5. The van der Waals surface area contributed by atoms with E-state index in [-0.39, 0.29) is 72.7 Å². The summed E-state index contributed by atoms with van der Waals surface area (Å²) in [6, 6.07) is 8.12. The molecule has 49 heavy (non-hydrogen) atoms. The minimum absolute atomic E-state index is 0.0300. The molecule has 7 N–H and O–H groups in total. The Kier molecular flexibility index (Phi) is 18.1. The molecule has 0 aliphatic carbocycles. The number of carbonyl (C=O) groups excluding carboxylic acids is 1. The highest BCUT2D eigenvalue weighted by Crippen LogP contribution is 2.35. The number of carboxylic acid groups (broad SMARTS) is 1. The van der Waals surface area contributed by atoms with Gasteiger partial charge in [-0.2, -0.15) is 0 Å². The number of nitrogens with one attached hydrogen (secondary N) is 1. The SMILES string of the molecule is CC[C@H](C)[C@@H](C(NC)[C@@H](CO)C(N)[C@H](C(C)C)N(C)C)[C@@H](CC(=O)N1CCC[C@H]1[C@H](OC)[C@H](C)C(N)C(Cc1ccccc1)C(=O)O)OC. The number of aliphatic hydroxyl groups excluding tert-OH is 1. The first-order valence-electron chi connectivity index (χ1n) is 18.3. The van der Waals surface area contributed by atoms with Crippen molar-refractivity contribution in [2.75, 3.05) is 48.5 Å². The van der Waals surface area contributed by atoms with E-state index in [1.54, 1.807) is 14.2 Å². The first kappa shape index (κ1) is 43.0. The second-order valence-corrected chi connectivity index (χ2v) is 14.9. The number of likely N-dealkylation sites (N-methyl/N-ethyl adjacent to an activating group) is 1. The maximum Gasteiger partial charge on any atom is 0.308 e. The van der Waals surface area contributed by atoms with E-state index < -0.39 is 30.1 Å². The summed E-state index contributed by atoms with van der Waals surface area (Å²) in [5.41, 5.74) is 14.6. The van der Waals surface area contributed by atoms with Crippen molar-refractivity contribution in [2.45, 2.75) is 109 Å². The zero-order chi connectivity index (χ0) is 37.0. The van der Waals surface area contributed by atoms with Gasteiger partial charge < -0.3 is 46.3 Å². The number of aliphatic carboxylic acids is 1. The monoisotopic (exact) mass is 692 g/mol. The van der Waals surface area contributed by atoms with E-state index >= 15 is 0 Å². The van der Waals surface area contributed by atoms with Gasteiger partial charge >= 0.3 is 5.97 Å². The predicted molar refractivity (Wildman–Crippen MR) is 196 cm³/mol. The Morgan fingerprint density at radius 1 is 1.06 bits per heavy atom. The number of carboxylic acids is 1. The molecule has 1 aliphatic rings. The number of likely N-dealkylation sites (tertiary alicyclic amines) is 1. The van der Waals surface area contributed by atoms with Crippen LogP contribution in [-0.4, -0.2) is 123 Å². The average molecular weight is 692 g/mol. The van der Waals surface area contributed by atoms with Crippen LogP contribution in [0.25, 0.3) is 0 Å². The molecule has 1 saturated heterocycles. The van der Waals surface area contributed by atoms with Gasteiger partial charge in [-0.1, -0.05) is 71.4 Å². The van der Waals surface area contributed by atoms with Gasteiger partial charge in [-0.15, -0.1) is 0 Å². The van der Waals surface area contributed by atoms with Gasteiger partial charge in [-0.05, 0) is 57.8 Å². The van der Waals surface area contributed by atoms with E-state index in [1.807, 2.05) is 63.3 Å². The number of amides is 1. The lowest BCUT2D eigenvalue weighted by Gasteiger charge is -2.45. The molecule has 1 heterocycles. The number of hydrogen-bond acceptors (Lipinski definition) is 9. The zero-order valence-electron chi connectivity index (χ0n) is 31.9. The predicted octanol–water partition coefficient (Wildman–Crippen LogP) is 3.08. The Balaban J connectivity index is 2.35. The second-order valence-electron chi connectivity index (χ2n) is 14.9. The third kappa shape index (κ3) is 10.9. The minimum Gasteiger partial charge on any atom is -0.481 e. The maximum absolute atomic E-state index is 14.3. The summed E-state index contributed by atoms with van der Waals surface area (Å²) in [7, 11) is 9.22. The van der Waals surface area contributed by atoms with Crippen LogP contribution in [0.4, 0.5) is 0 Å². The first-order valence-corrected chi connectivity index (χ1v) is 18.3. The van der Waals surface area contributed by atoms with Crippen LogP contribution in [0.5, 0.6) is 0 Å². The molecule has 12 atom stereocenters. The number of hydrogen-bond donors (Lipinski definition) is 5. The highest BCUT2D eigenvalue weighted by atomic mass is 16.5. The molecule has 282 valence electrons. The number of rotatable bonds is 22. The molecule has 1 amide bonds. The van der Waals surface area contributed by atoms with Crippen molar-refractivity contribution >= 4 is 11.9 Å². The molecule has 11 nitrogen and oxygen atoms in total. The van der Waals surface area contributed by atoms with Crippen LogP contribution in [0.2, 0.25) is 0 Å². The molecule has 1 fully saturated rings. The summed E-state index contributed by atoms with van der Waals surface area (Å²) < 4.78 is 12.2. The summed E-state index contributed by atoms with van der Waals surface area (Å²) in [5, 5.41) is 24.4. The second kappa shape index (κ2) is 20.7. The van der Waals surface area contributed by atoms with Crippen molar-refractivity contribution in [3.8, 4) is 0 Å². The van der Waals surface area contributed by atoms with Crippen LogP contribution in [-0.2, 0) is 25.5 Å². The van der Waals surface area contributed by atoms with Crippen LogP contribution in [0, 0.1) is 35.5 Å². The Labute approximate surface area is 296 Å². The largest absolute Gasteiger partial charge is 0.481 e. The Hall–Kier alpha value is -2.12. The lowest BCUT2D eigenvalue weighted by atomic mass is 9.71. The number of ether oxygens (including phenoxy) is 2. The van der Waals surface area contributed by atoms with E-state index in [0.717, 1.165) is 24.8 Å². The lowest BCUT2D eigenvalue weighted by molar-refractivity contribution is -0.145. The van der Waals surface area contributed by atoms with Gasteiger partial charge in [0.15, 0.2) is 0 Å². The van der Waals surface area contributed by atoms with Crippen molar-refractivity contribution in [1.29, 1.82) is 0 Å². The average Bonchev–Trinajstić information content (AvgIpc) is 3.55. The Morgan fingerprint density at radius 2 is 1.69 bits per heavy atom. The fraction of sp³-hybridized carbons (Fsp3) is 0.789.